The summed E-state index contributed by atoms with van der Waals surface area (Å²) in [6.07, 6.45) is 5.11. The summed E-state index contributed by atoms with van der Waals surface area (Å²) in [5, 5.41) is 2.30. The van der Waals surface area contributed by atoms with E-state index in [4.69, 9.17) is 9.47 Å². The van der Waals surface area contributed by atoms with Gasteiger partial charge in [0.05, 0.1) is 26.7 Å². The van der Waals surface area contributed by atoms with Gasteiger partial charge < -0.3 is 19.7 Å². The van der Waals surface area contributed by atoms with E-state index >= 15 is 0 Å². The van der Waals surface area contributed by atoms with E-state index in [-0.39, 0.29) is 41.0 Å². The van der Waals surface area contributed by atoms with Gasteiger partial charge in [0, 0.05) is 11.3 Å². The van der Waals surface area contributed by atoms with Crippen molar-refractivity contribution in [3.05, 3.63) is 0 Å². The van der Waals surface area contributed by atoms with Crippen molar-refractivity contribution < 1.29 is 24.5 Å². The molecule has 0 unspecified atom stereocenters. The van der Waals surface area contributed by atoms with Gasteiger partial charge in [0.25, 0.3) is 0 Å². The Kier molecular flexibility index (Phi) is 3.98. The molecule has 0 aromatic heterocycles. The number of likely N-dealkylation sites (N-methyl/N-ethyl adjacent to an activating group) is 1. The van der Waals surface area contributed by atoms with Crippen LogP contribution in [0.4, 0.5) is 0 Å². The van der Waals surface area contributed by atoms with Crippen molar-refractivity contribution in [2.45, 2.75) is 57.3 Å². The minimum Gasteiger partial charge on any atom is -0.462 e. The van der Waals surface area contributed by atoms with Gasteiger partial charge in [0.15, 0.2) is 0 Å². The van der Waals surface area contributed by atoms with Crippen molar-refractivity contribution in [1.29, 1.82) is 0 Å². The Morgan fingerprint density at radius 1 is 1.38 bits per heavy atom. The van der Waals surface area contributed by atoms with Gasteiger partial charge in [0.2, 0.25) is 0 Å². The maximum atomic E-state index is 12.5. The van der Waals surface area contributed by atoms with Gasteiger partial charge in [-0.25, -0.2) is 0 Å². The van der Waals surface area contributed by atoms with Crippen molar-refractivity contribution in [3.8, 4) is 0 Å². The molecule has 7 atom stereocenters. The fourth-order valence-electron chi connectivity index (χ4n) is 6.19. The summed E-state index contributed by atoms with van der Waals surface area (Å²) in [6.45, 7) is 7.78. The number of hydrogen-bond acceptors (Lipinski definition) is 3. The summed E-state index contributed by atoms with van der Waals surface area (Å²) in [6, 6.07) is 0. The van der Waals surface area contributed by atoms with Gasteiger partial charge in [-0.3, -0.25) is 4.79 Å². The topological polar surface area (TPSA) is 59.9 Å². The summed E-state index contributed by atoms with van der Waals surface area (Å²) in [7, 11) is 4.34. The van der Waals surface area contributed by atoms with Crippen LogP contribution in [-0.4, -0.2) is 57.5 Å². The van der Waals surface area contributed by atoms with Gasteiger partial charge in [-0.1, -0.05) is 20.3 Å². The fourth-order valence-corrected chi connectivity index (χ4v) is 6.19. The molecule has 2 aliphatic heterocycles. The lowest BCUT2D eigenvalue weighted by Crippen LogP contribution is -3.09. The quantitative estimate of drug-likeness (QED) is 0.393. The van der Waals surface area contributed by atoms with Crippen molar-refractivity contribution in [3.63, 3.8) is 0 Å². The molecule has 2 heterocycles. The Bertz CT molecular complexity index is 525. The first-order valence-corrected chi connectivity index (χ1v) is 9.88. The first-order valence-electron chi connectivity index (χ1n) is 9.88. The van der Waals surface area contributed by atoms with Crippen LogP contribution in [0.3, 0.4) is 0 Å². The second-order valence-corrected chi connectivity index (χ2v) is 9.32. The van der Waals surface area contributed by atoms with Gasteiger partial charge in [0.1, 0.15) is 30.7 Å². The number of fused-ring (bicyclic) bond motifs is 2. The highest BCUT2D eigenvalue weighted by molar-refractivity contribution is 5.76. The van der Waals surface area contributed by atoms with Crippen LogP contribution < -0.4 is 10.2 Å². The average Bonchev–Trinajstić information content (AvgIpc) is 3.18. The van der Waals surface area contributed by atoms with Crippen LogP contribution >= 0.6 is 0 Å². The van der Waals surface area contributed by atoms with Crippen LogP contribution in [0.15, 0.2) is 0 Å². The molecule has 0 radical (unpaired) electrons. The largest absolute Gasteiger partial charge is 0.462 e. The second kappa shape index (κ2) is 5.68. The van der Waals surface area contributed by atoms with E-state index in [1.165, 1.54) is 24.2 Å². The Labute approximate surface area is 145 Å². The third kappa shape index (κ3) is 2.27. The molecule has 3 N–H and O–H groups in total. The zero-order valence-electron chi connectivity index (χ0n) is 15.6. The van der Waals surface area contributed by atoms with E-state index in [1.54, 1.807) is 0 Å². The van der Waals surface area contributed by atoms with Crippen LogP contribution in [0.1, 0.15) is 39.5 Å². The summed E-state index contributed by atoms with van der Waals surface area (Å²) < 4.78 is 12.3. The molecule has 24 heavy (non-hydrogen) atoms. The summed E-state index contributed by atoms with van der Waals surface area (Å²) >= 11 is 0. The number of epoxide rings is 1. The molecule has 4 aliphatic rings. The molecular weight excluding hydrogens is 304 g/mol. The smallest absolute Gasteiger partial charge is 0.315 e. The second-order valence-electron chi connectivity index (χ2n) is 9.32. The summed E-state index contributed by atoms with van der Waals surface area (Å²) in [4.78, 5) is 14.0. The maximum Gasteiger partial charge on any atom is 0.315 e. The van der Waals surface area contributed by atoms with Crippen LogP contribution in [0.5, 0.6) is 0 Å². The monoisotopic (exact) mass is 338 g/mol. The highest BCUT2D eigenvalue weighted by Crippen LogP contribution is 2.70. The first kappa shape index (κ1) is 16.8. The first-order chi connectivity index (χ1) is 11.4. The van der Waals surface area contributed by atoms with E-state index in [0.29, 0.717) is 5.92 Å². The van der Waals surface area contributed by atoms with Gasteiger partial charge in [-0.05, 0) is 25.2 Å². The number of nitrogens with one attached hydrogen (secondary N) is 1. The maximum absolute atomic E-state index is 12.5. The Hall–Kier alpha value is -0.650. The van der Waals surface area contributed by atoms with Crippen molar-refractivity contribution in [2.24, 2.45) is 23.2 Å². The van der Waals surface area contributed by atoms with E-state index in [1.807, 2.05) is 0 Å². The number of carbonyl (C=O) groups is 1. The van der Waals surface area contributed by atoms with E-state index in [9.17, 15) is 4.79 Å². The van der Waals surface area contributed by atoms with Crippen LogP contribution in [0, 0.1) is 23.2 Å². The van der Waals surface area contributed by atoms with Crippen molar-refractivity contribution >= 4 is 5.97 Å². The molecule has 2 saturated heterocycles. The van der Waals surface area contributed by atoms with Crippen molar-refractivity contribution in [2.75, 3.05) is 33.7 Å². The molecule has 0 bridgehead atoms. The summed E-state index contributed by atoms with van der Waals surface area (Å²) in [5.74, 6) is 0.947. The zero-order chi connectivity index (χ0) is 17.1. The lowest BCUT2D eigenvalue weighted by Gasteiger charge is -2.48. The lowest BCUT2D eigenvalue weighted by atomic mass is 9.53. The van der Waals surface area contributed by atoms with Gasteiger partial charge in [-0.2, -0.15) is 0 Å². The van der Waals surface area contributed by atoms with Gasteiger partial charge >= 0.3 is 5.97 Å². The minimum atomic E-state index is 0.0233. The molecule has 0 amide bonds. The van der Waals surface area contributed by atoms with E-state index in [2.05, 4.69) is 33.3 Å². The normalized spacial score (nSPS) is 49.4. The molecule has 4 rings (SSSR count). The van der Waals surface area contributed by atoms with Gasteiger partial charge in [-0.15, -0.1) is 0 Å². The van der Waals surface area contributed by atoms with E-state index in [0.717, 1.165) is 26.1 Å². The third-order valence-corrected chi connectivity index (χ3v) is 7.46. The molecule has 0 aromatic rings. The molecule has 2 aliphatic carbocycles. The zero-order valence-corrected chi connectivity index (χ0v) is 15.6. The molecule has 1 spiro atoms. The highest BCUT2D eigenvalue weighted by Gasteiger charge is 2.78. The molecule has 5 nitrogen and oxygen atoms in total. The molecule has 136 valence electrons. The molecular formula is C19H34N2O3+2. The van der Waals surface area contributed by atoms with Crippen LogP contribution in [0.25, 0.3) is 0 Å². The van der Waals surface area contributed by atoms with Crippen LogP contribution in [-0.2, 0) is 14.3 Å². The number of rotatable bonds is 5. The standard InChI is InChI=1S/C19H32N2O3/c1-12-6-5-7-18(2)10-14-15(16-19(12,18)24-16)13(17(22)23-14)11-20-8-9-21(3)4/h12-16,20H,5-11H2,1-4H3/p+2/t12-,13+,14-,15-,16+,18-,19+/m1/s1. The molecule has 0 aromatic carbocycles. The lowest BCUT2D eigenvalue weighted by molar-refractivity contribution is -0.874. The number of ether oxygens (including phenoxy) is 2. The highest BCUT2D eigenvalue weighted by atomic mass is 16.6. The van der Waals surface area contributed by atoms with E-state index < -0.39 is 0 Å². The predicted molar refractivity (Wildman–Crippen MR) is 89.5 cm³/mol. The average molecular weight is 338 g/mol. The van der Waals surface area contributed by atoms with Crippen molar-refractivity contribution in [1.82, 2.24) is 0 Å². The number of quaternary nitrogens is 2. The SMILES string of the molecule is C[C@@H]1CCC[C@]2(C)C[C@H]3OC(=O)[C@@H](C[NH2+]CC[NH+](C)C)[C@H]3[C@@H]3O[C@@]132. The Morgan fingerprint density at radius 2 is 2.17 bits per heavy atom. The number of esters is 1. The Morgan fingerprint density at radius 3 is 2.92 bits per heavy atom. The molecule has 5 heteroatoms. The predicted octanol–water partition coefficient (Wildman–Crippen LogP) is -0.780. The fraction of sp³-hybridized carbons (Fsp3) is 0.947. The minimum absolute atomic E-state index is 0.0233. The summed E-state index contributed by atoms with van der Waals surface area (Å²) in [5.41, 5.74) is 0.232. The number of carbonyl (C=O) groups excluding carboxylic acids is 1. The molecule has 4 fully saturated rings. The molecule has 2 saturated carbocycles. The third-order valence-electron chi connectivity index (χ3n) is 7.46. The number of nitrogens with two attached hydrogens (primary N) is 1. The van der Waals surface area contributed by atoms with Crippen LogP contribution in [0.2, 0.25) is 0 Å². The Balaban J connectivity index is 1.48. The number of hydrogen-bond donors (Lipinski definition) is 2.